The van der Waals surface area contributed by atoms with E-state index in [9.17, 15) is 19.5 Å². The van der Waals surface area contributed by atoms with E-state index in [0.29, 0.717) is 6.42 Å². The Morgan fingerprint density at radius 1 is 1.18 bits per heavy atom. The fourth-order valence-corrected chi connectivity index (χ4v) is 3.64. The number of nitrogens with one attached hydrogen (secondary N) is 2. The number of nitrogens with zero attached hydrogens (tertiary/aromatic N) is 1. The van der Waals surface area contributed by atoms with Crippen molar-refractivity contribution >= 4 is 17.8 Å². The van der Waals surface area contributed by atoms with E-state index < -0.39 is 17.9 Å². The number of carbonyl (C=O) groups is 3. The number of amides is 2. The van der Waals surface area contributed by atoms with Gasteiger partial charge in [-0.2, -0.15) is 0 Å². The van der Waals surface area contributed by atoms with Gasteiger partial charge < -0.3 is 15.7 Å². The van der Waals surface area contributed by atoms with E-state index in [1.165, 1.54) is 36.5 Å². The predicted octanol–water partition coefficient (Wildman–Crippen LogP) is 2.13. The molecule has 1 aromatic heterocycles. The van der Waals surface area contributed by atoms with Crippen LogP contribution in [0.4, 0.5) is 0 Å². The molecule has 3 N–H and O–H groups in total. The first kappa shape index (κ1) is 19.5. The molecule has 0 radical (unpaired) electrons. The fraction of sp³-hybridized carbons (Fsp3) is 0.333. The van der Waals surface area contributed by atoms with Crippen molar-refractivity contribution in [3.63, 3.8) is 0 Å². The van der Waals surface area contributed by atoms with Crippen LogP contribution in [-0.4, -0.2) is 41.0 Å². The Hall–Kier alpha value is -3.22. The number of carboxylic acids is 1. The molecule has 1 heterocycles. The highest BCUT2D eigenvalue weighted by atomic mass is 16.4. The molecule has 1 aromatic carbocycles. The number of aromatic nitrogens is 1. The number of hydrogen-bond acceptors (Lipinski definition) is 4. The van der Waals surface area contributed by atoms with Gasteiger partial charge in [-0.1, -0.05) is 24.3 Å². The summed E-state index contributed by atoms with van der Waals surface area (Å²) in [6, 6.07) is 9.97. The van der Waals surface area contributed by atoms with Crippen LogP contribution >= 0.6 is 0 Å². The van der Waals surface area contributed by atoms with Crippen LogP contribution in [-0.2, 0) is 11.2 Å². The number of hydrogen-bond donors (Lipinski definition) is 3. The predicted molar refractivity (Wildman–Crippen MR) is 103 cm³/mol. The van der Waals surface area contributed by atoms with Crippen LogP contribution in [0.15, 0.2) is 42.6 Å². The molecule has 0 spiro atoms. The van der Waals surface area contributed by atoms with Crippen LogP contribution in [0.25, 0.3) is 0 Å². The third kappa shape index (κ3) is 4.36. The van der Waals surface area contributed by atoms with Crippen molar-refractivity contribution in [3.8, 4) is 0 Å². The standard InChI is InChI=1S/C21H23N3O4/c1-22-20(26)17-10-9-15(12-23-17)19(25)24-18(21(27)28)11-14-7-4-6-13-5-2-3-8-16(13)14/h2-3,5,8-10,12,14,18H,4,6-7,11H2,1H3,(H,22,26)(H,24,25)(H,27,28). The molecule has 0 bridgehead atoms. The molecule has 0 fully saturated rings. The minimum atomic E-state index is -1.06. The van der Waals surface area contributed by atoms with Crippen LogP contribution in [0.2, 0.25) is 0 Å². The van der Waals surface area contributed by atoms with Gasteiger partial charge in [-0.15, -0.1) is 0 Å². The average molecular weight is 381 g/mol. The van der Waals surface area contributed by atoms with Crippen molar-refractivity contribution in [2.24, 2.45) is 0 Å². The van der Waals surface area contributed by atoms with Crippen molar-refractivity contribution in [1.29, 1.82) is 0 Å². The van der Waals surface area contributed by atoms with Crippen LogP contribution in [0.5, 0.6) is 0 Å². The maximum Gasteiger partial charge on any atom is 0.326 e. The third-order valence-electron chi connectivity index (χ3n) is 5.10. The number of carbonyl (C=O) groups excluding carboxylic acids is 2. The maximum absolute atomic E-state index is 12.5. The van der Waals surface area contributed by atoms with Crippen LogP contribution in [0.1, 0.15) is 57.2 Å². The van der Waals surface area contributed by atoms with Crippen LogP contribution in [0, 0.1) is 0 Å². The average Bonchev–Trinajstić information content (AvgIpc) is 2.72. The molecule has 7 heteroatoms. The van der Waals surface area contributed by atoms with Gasteiger partial charge in [-0.3, -0.25) is 14.6 Å². The number of aliphatic carboxylic acids is 1. The van der Waals surface area contributed by atoms with Gasteiger partial charge in [-0.05, 0) is 54.9 Å². The van der Waals surface area contributed by atoms with Crippen molar-refractivity contribution in [2.75, 3.05) is 7.05 Å². The molecule has 0 saturated heterocycles. The molecule has 146 valence electrons. The summed E-state index contributed by atoms with van der Waals surface area (Å²) in [5.74, 6) is -1.84. The topological polar surface area (TPSA) is 108 Å². The van der Waals surface area contributed by atoms with E-state index in [1.807, 2.05) is 18.2 Å². The summed E-state index contributed by atoms with van der Waals surface area (Å²) in [6.45, 7) is 0. The summed E-state index contributed by atoms with van der Waals surface area (Å²) in [6.07, 6.45) is 4.52. The van der Waals surface area contributed by atoms with Gasteiger partial charge in [0.25, 0.3) is 11.8 Å². The smallest absolute Gasteiger partial charge is 0.326 e. The zero-order chi connectivity index (χ0) is 20.1. The van der Waals surface area contributed by atoms with E-state index in [4.69, 9.17) is 0 Å². The largest absolute Gasteiger partial charge is 0.480 e. The Labute approximate surface area is 163 Å². The first-order valence-electron chi connectivity index (χ1n) is 9.29. The minimum absolute atomic E-state index is 0.0973. The van der Waals surface area contributed by atoms with Crippen LogP contribution < -0.4 is 10.6 Å². The molecule has 2 atom stereocenters. The second-order valence-electron chi connectivity index (χ2n) is 6.90. The van der Waals surface area contributed by atoms with Crippen molar-refractivity contribution in [1.82, 2.24) is 15.6 Å². The van der Waals surface area contributed by atoms with Gasteiger partial charge in [0.1, 0.15) is 11.7 Å². The van der Waals surface area contributed by atoms with Gasteiger partial charge in [0, 0.05) is 13.2 Å². The summed E-state index contributed by atoms with van der Waals surface area (Å²) in [4.78, 5) is 39.7. The van der Waals surface area contributed by atoms with Gasteiger partial charge >= 0.3 is 5.97 Å². The number of pyridine rings is 1. The first-order chi connectivity index (χ1) is 13.5. The lowest BCUT2D eigenvalue weighted by Crippen LogP contribution is -2.42. The second-order valence-corrected chi connectivity index (χ2v) is 6.90. The van der Waals surface area contributed by atoms with E-state index in [2.05, 4.69) is 21.7 Å². The van der Waals surface area contributed by atoms with Crippen molar-refractivity contribution < 1.29 is 19.5 Å². The van der Waals surface area contributed by atoms with E-state index in [1.54, 1.807) is 0 Å². The van der Waals surface area contributed by atoms with E-state index in [0.717, 1.165) is 19.3 Å². The number of fused-ring (bicyclic) bond motifs is 1. The summed E-state index contributed by atoms with van der Waals surface area (Å²) in [5, 5.41) is 14.7. The summed E-state index contributed by atoms with van der Waals surface area (Å²) in [7, 11) is 1.49. The number of benzene rings is 1. The summed E-state index contributed by atoms with van der Waals surface area (Å²) >= 11 is 0. The fourth-order valence-electron chi connectivity index (χ4n) is 3.64. The summed E-state index contributed by atoms with van der Waals surface area (Å²) < 4.78 is 0. The molecule has 28 heavy (non-hydrogen) atoms. The zero-order valence-corrected chi connectivity index (χ0v) is 15.6. The van der Waals surface area contributed by atoms with E-state index >= 15 is 0 Å². The lowest BCUT2D eigenvalue weighted by Gasteiger charge is -2.28. The normalized spacial score (nSPS) is 16.5. The lowest BCUT2D eigenvalue weighted by atomic mass is 9.79. The molecular weight excluding hydrogens is 358 g/mol. The van der Waals surface area contributed by atoms with E-state index in [-0.39, 0.29) is 23.1 Å². The molecule has 1 aliphatic carbocycles. The Balaban J connectivity index is 1.71. The summed E-state index contributed by atoms with van der Waals surface area (Å²) in [5.41, 5.74) is 2.82. The molecule has 2 unspecified atom stereocenters. The molecule has 0 saturated carbocycles. The number of rotatable bonds is 6. The molecular formula is C21H23N3O4. The van der Waals surface area contributed by atoms with Gasteiger partial charge in [-0.25, -0.2) is 4.79 Å². The minimum Gasteiger partial charge on any atom is -0.480 e. The molecule has 2 aromatic rings. The second kappa shape index (κ2) is 8.65. The monoisotopic (exact) mass is 381 g/mol. The van der Waals surface area contributed by atoms with Gasteiger partial charge in [0.15, 0.2) is 0 Å². The Kier molecular flexibility index (Phi) is 6.03. The Morgan fingerprint density at radius 3 is 2.64 bits per heavy atom. The molecule has 3 rings (SSSR count). The highest BCUT2D eigenvalue weighted by Gasteiger charge is 2.28. The number of carboxylic acid groups (broad SMARTS) is 1. The van der Waals surface area contributed by atoms with Gasteiger partial charge in [0.2, 0.25) is 0 Å². The van der Waals surface area contributed by atoms with Crippen LogP contribution in [0.3, 0.4) is 0 Å². The molecule has 1 aliphatic rings. The van der Waals surface area contributed by atoms with Crippen molar-refractivity contribution in [2.45, 2.75) is 37.6 Å². The van der Waals surface area contributed by atoms with Gasteiger partial charge in [0.05, 0.1) is 5.56 Å². The SMILES string of the molecule is CNC(=O)c1ccc(C(=O)NC(CC2CCCc3ccccc32)C(=O)O)cn1. The highest BCUT2D eigenvalue weighted by molar-refractivity contribution is 5.97. The highest BCUT2D eigenvalue weighted by Crippen LogP contribution is 2.34. The maximum atomic E-state index is 12.5. The Morgan fingerprint density at radius 2 is 1.96 bits per heavy atom. The molecule has 7 nitrogen and oxygen atoms in total. The quantitative estimate of drug-likeness (QED) is 0.710. The van der Waals surface area contributed by atoms with Crippen molar-refractivity contribution in [3.05, 3.63) is 65.0 Å². The first-order valence-corrected chi connectivity index (χ1v) is 9.29. The zero-order valence-electron chi connectivity index (χ0n) is 15.6. The molecule has 2 amide bonds. The Bertz CT molecular complexity index is 879. The third-order valence-corrected chi connectivity index (χ3v) is 5.10. The molecule has 0 aliphatic heterocycles. The number of aryl methyl sites for hydroxylation is 1. The lowest BCUT2D eigenvalue weighted by molar-refractivity contribution is -0.139.